The first-order valence-corrected chi connectivity index (χ1v) is 8.43. The van der Waals surface area contributed by atoms with Crippen molar-refractivity contribution in [1.82, 2.24) is 4.90 Å². The number of alkyl halides is 3. The average Bonchev–Trinajstić information content (AvgIpc) is 2.70. The van der Waals surface area contributed by atoms with E-state index in [0.717, 1.165) is 12.1 Å². The normalized spacial score (nSPS) is 18.5. The molecule has 0 bridgehead atoms. The van der Waals surface area contributed by atoms with Crippen molar-refractivity contribution in [1.29, 1.82) is 0 Å². The van der Waals surface area contributed by atoms with Crippen molar-refractivity contribution in [3.05, 3.63) is 12.7 Å². The molecule has 4 nitrogen and oxygen atoms in total. The van der Waals surface area contributed by atoms with Crippen LogP contribution in [-0.4, -0.2) is 49.9 Å². The van der Waals surface area contributed by atoms with Crippen LogP contribution in [0.4, 0.5) is 13.2 Å². The Morgan fingerprint density at radius 1 is 1.43 bits per heavy atom. The van der Waals surface area contributed by atoms with Gasteiger partial charge in [0, 0.05) is 6.04 Å². The van der Waals surface area contributed by atoms with Gasteiger partial charge in [0.2, 0.25) is 0 Å². The van der Waals surface area contributed by atoms with Crippen molar-refractivity contribution < 1.29 is 26.1 Å². The molecule has 0 spiro atoms. The van der Waals surface area contributed by atoms with E-state index in [4.69, 9.17) is 4.55 Å². The number of halogens is 3. The molecule has 8 heteroatoms. The third-order valence-corrected chi connectivity index (χ3v) is 3.55. The van der Waals surface area contributed by atoms with Crippen molar-refractivity contribution in [2.45, 2.75) is 51.7 Å². The molecule has 21 heavy (non-hydrogen) atoms. The summed E-state index contributed by atoms with van der Waals surface area (Å²) in [5, 5.41) is 0. The predicted octanol–water partition coefficient (Wildman–Crippen LogP) is 3.51. The molecule has 1 fully saturated rings. The van der Waals surface area contributed by atoms with Gasteiger partial charge in [-0.25, -0.2) is 0 Å². The Kier molecular flexibility index (Phi) is 14.1. The second-order valence-electron chi connectivity index (χ2n) is 4.70. The van der Waals surface area contributed by atoms with Crippen molar-refractivity contribution in [3.8, 4) is 0 Å². The summed E-state index contributed by atoms with van der Waals surface area (Å²) >= 11 is 0. The Morgan fingerprint density at radius 3 is 2.19 bits per heavy atom. The highest BCUT2D eigenvalue weighted by Gasteiger charge is 2.19. The topological polar surface area (TPSA) is 57.6 Å². The summed E-state index contributed by atoms with van der Waals surface area (Å²) in [5.41, 5.74) is 0. The van der Waals surface area contributed by atoms with Gasteiger partial charge >= 0.3 is 6.68 Å². The summed E-state index contributed by atoms with van der Waals surface area (Å²) in [6.45, 7) is 3.04. The lowest BCUT2D eigenvalue weighted by molar-refractivity contribution is 0.00819. The van der Waals surface area contributed by atoms with E-state index in [-0.39, 0.29) is 5.75 Å². The SMILES string of the molecule is C=CCS(=O)(=O)O.CCCCC1CCCN1C.FC(F)F. The Balaban J connectivity index is 0. The van der Waals surface area contributed by atoms with Crippen LogP contribution >= 0.6 is 0 Å². The minimum atomic E-state index is -3.79. The molecule has 1 rings (SSSR count). The van der Waals surface area contributed by atoms with E-state index >= 15 is 0 Å². The summed E-state index contributed by atoms with van der Waals surface area (Å²) in [4.78, 5) is 2.51. The second kappa shape index (κ2) is 13.1. The monoisotopic (exact) mass is 333 g/mol. The molecule has 1 heterocycles. The van der Waals surface area contributed by atoms with Crippen molar-refractivity contribution in [2.24, 2.45) is 0 Å². The number of hydrogen-bond donors (Lipinski definition) is 1. The lowest BCUT2D eigenvalue weighted by atomic mass is 10.1. The highest BCUT2D eigenvalue weighted by molar-refractivity contribution is 7.85. The van der Waals surface area contributed by atoms with E-state index < -0.39 is 16.8 Å². The minimum Gasteiger partial charge on any atom is -0.303 e. The van der Waals surface area contributed by atoms with Crippen LogP contribution in [0.3, 0.4) is 0 Å². The lowest BCUT2D eigenvalue weighted by Gasteiger charge is -2.18. The van der Waals surface area contributed by atoms with E-state index in [1.165, 1.54) is 38.6 Å². The second-order valence-corrected chi connectivity index (χ2v) is 6.20. The molecule has 1 aliphatic heterocycles. The van der Waals surface area contributed by atoms with E-state index in [1.807, 2.05) is 0 Å². The fourth-order valence-corrected chi connectivity index (χ4v) is 2.23. The number of hydrogen-bond acceptors (Lipinski definition) is 3. The standard InChI is InChI=1S/C9H19N.C3H6O3S.CHF3/c1-3-4-6-9-7-5-8-10(9)2;1-2-3-7(4,5)6;2-1(3)4/h9H,3-8H2,1-2H3;2H,1,3H2,(H,4,5,6);1H. The van der Waals surface area contributed by atoms with Crippen LogP contribution in [0.15, 0.2) is 12.7 Å². The van der Waals surface area contributed by atoms with Crippen LogP contribution in [0, 0.1) is 0 Å². The van der Waals surface area contributed by atoms with Gasteiger partial charge in [-0.3, -0.25) is 4.55 Å². The zero-order valence-electron chi connectivity index (χ0n) is 12.6. The van der Waals surface area contributed by atoms with Crippen LogP contribution < -0.4 is 0 Å². The Morgan fingerprint density at radius 2 is 1.95 bits per heavy atom. The van der Waals surface area contributed by atoms with E-state index in [1.54, 1.807) is 0 Å². The van der Waals surface area contributed by atoms with Gasteiger partial charge in [0.25, 0.3) is 10.1 Å². The van der Waals surface area contributed by atoms with Crippen molar-refractivity contribution in [2.75, 3.05) is 19.3 Å². The maximum Gasteiger partial charge on any atom is 0.379 e. The molecule has 0 radical (unpaired) electrons. The van der Waals surface area contributed by atoms with Crippen LogP contribution in [0.5, 0.6) is 0 Å². The van der Waals surface area contributed by atoms with Crippen molar-refractivity contribution >= 4 is 10.1 Å². The van der Waals surface area contributed by atoms with Gasteiger partial charge in [0.1, 0.15) is 0 Å². The van der Waals surface area contributed by atoms with Crippen LogP contribution in [0.25, 0.3) is 0 Å². The van der Waals surface area contributed by atoms with Gasteiger partial charge < -0.3 is 4.90 Å². The van der Waals surface area contributed by atoms with Gasteiger partial charge in [0.05, 0.1) is 5.75 Å². The third kappa shape index (κ3) is 19.4. The molecule has 0 aromatic carbocycles. The van der Waals surface area contributed by atoms with Crippen LogP contribution in [0.1, 0.15) is 39.0 Å². The third-order valence-electron chi connectivity index (χ3n) is 2.89. The number of likely N-dealkylation sites (tertiary alicyclic amines) is 1. The first-order chi connectivity index (χ1) is 9.64. The number of unbranched alkanes of at least 4 members (excludes halogenated alkanes) is 1. The molecular formula is C13H26F3NO3S. The summed E-state index contributed by atoms with van der Waals surface area (Å²) in [7, 11) is -1.53. The lowest BCUT2D eigenvalue weighted by Crippen LogP contribution is -2.24. The molecule has 0 aromatic heterocycles. The first kappa shape index (κ1) is 22.7. The Labute approximate surface area is 125 Å². The molecule has 0 amide bonds. The summed E-state index contributed by atoms with van der Waals surface area (Å²) in [6.07, 6.45) is 8.17. The quantitative estimate of drug-likeness (QED) is 0.618. The van der Waals surface area contributed by atoms with Crippen molar-refractivity contribution in [3.63, 3.8) is 0 Å². The average molecular weight is 333 g/mol. The molecule has 1 unspecified atom stereocenters. The highest BCUT2D eigenvalue weighted by Crippen LogP contribution is 2.19. The van der Waals surface area contributed by atoms with Crippen LogP contribution in [0.2, 0.25) is 0 Å². The summed E-state index contributed by atoms with van der Waals surface area (Å²) in [5.74, 6) is -0.368. The molecule has 1 atom stereocenters. The molecule has 1 aliphatic rings. The zero-order chi connectivity index (χ0) is 16.9. The molecule has 0 aromatic rings. The first-order valence-electron chi connectivity index (χ1n) is 6.82. The molecule has 0 aliphatic carbocycles. The van der Waals surface area contributed by atoms with E-state index in [9.17, 15) is 21.6 Å². The fourth-order valence-electron chi connectivity index (χ4n) is 1.93. The maximum absolute atomic E-state index is 9.72. The Bertz CT molecular complexity index is 348. The van der Waals surface area contributed by atoms with Gasteiger partial charge in [-0.1, -0.05) is 25.8 Å². The highest BCUT2D eigenvalue weighted by atomic mass is 32.2. The van der Waals surface area contributed by atoms with Gasteiger partial charge in [-0.05, 0) is 32.9 Å². The van der Waals surface area contributed by atoms with Gasteiger partial charge in [-0.2, -0.15) is 21.6 Å². The maximum atomic E-state index is 9.72. The molecular weight excluding hydrogens is 307 g/mol. The molecule has 1 N–H and O–H groups in total. The summed E-state index contributed by atoms with van der Waals surface area (Å²) < 4.78 is 56.3. The molecule has 1 saturated heterocycles. The molecule has 0 saturated carbocycles. The predicted molar refractivity (Wildman–Crippen MR) is 78.9 cm³/mol. The smallest absolute Gasteiger partial charge is 0.303 e. The zero-order valence-corrected chi connectivity index (χ0v) is 13.5. The minimum absolute atomic E-state index is 0.368. The molecule has 128 valence electrons. The Hall–Kier alpha value is -0.600. The largest absolute Gasteiger partial charge is 0.379 e. The summed E-state index contributed by atoms with van der Waals surface area (Å²) in [6, 6.07) is 0.917. The fraction of sp³-hybridized carbons (Fsp3) is 0.846. The van der Waals surface area contributed by atoms with E-state index in [0.29, 0.717) is 0 Å². The van der Waals surface area contributed by atoms with Crippen LogP contribution in [-0.2, 0) is 10.1 Å². The van der Waals surface area contributed by atoms with Gasteiger partial charge in [0.15, 0.2) is 0 Å². The number of rotatable bonds is 5. The van der Waals surface area contributed by atoms with Gasteiger partial charge in [-0.15, -0.1) is 6.58 Å². The number of nitrogens with zero attached hydrogens (tertiary/aromatic N) is 1. The van der Waals surface area contributed by atoms with E-state index in [2.05, 4.69) is 25.5 Å².